The summed E-state index contributed by atoms with van der Waals surface area (Å²) < 4.78 is 0. The van der Waals surface area contributed by atoms with E-state index < -0.39 is 0 Å². The Balaban J connectivity index is 2.32. The van der Waals surface area contributed by atoms with Gasteiger partial charge in [-0.05, 0) is 29.1 Å². The molecule has 0 aliphatic carbocycles. The van der Waals surface area contributed by atoms with E-state index in [2.05, 4.69) is 5.10 Å². The predicted octanol–water partition coefficient (Wildman–Crippen LogP) is 2.31. The van der Waals surface area contributed by atoms with Crippen molar-refractivity contribution in [1.29, 1.82) is 0 Å². The maximum Gasteiger partial charge on any atom is 0.250 e. The maximum atomic E-state index is 12.0. The van der Waals surface area contributed by atoms with Crippen LogP contribution in [-0.4, -0.2) is 9.90 Å². The summed E-state index contributed by atoms with van der Waals surface area (Å²) in [6.07, 6.45) is 0. The Bertz CT molecular complexity index is 693. The first-order valence-electron chi connectivity index (χ1n) is 5.10. The van der Waals surface area contributed by atoms with E-state index in [1.807, 2.05) is 18.2 Å². The molecule has 0 saturated carbocycles. The highest BCUT2D eigenvalue weighted by Gasteiger charge is 2.16. The second kappa shape index (κ2) is 3.75. The van der Waals surface area contributed by atoms with Crippen LogP contribution >= 0.6 is 11.6 Å². The molecule has 3 rings (SSSR count). The third kappa shape index (κ3) is 1.54. The van der Waals surface area contributed by atoms with Crippen LogP contribution in [-0.2, 0) is 0 Å². The molecule has 5 heteroatoms. The molecule has 1 aromatic heterocycles. The van der Waals surface area contributed by atoms with Crippen LogP contribution < -0.4 is 4.85 Å². The highest BCUT2D eigenvalue weighted by Crippen LogP contribution is 2.18. The van der Waals surface area contributed by atoms with E-state index in [-0.39, 0.29) is 0 Å². The third-order valence-corrected chi connectivity index (χ3v) is 2.85. The summed E-state index contributed by atoms with van der Waals surface area (Å²) >= 11 is 6.05. The summed E-state index contributed by atoms with van der Waals surface area (Å²) in [4.78, 5) is 1.99. The lowest BCUT2D eigenvalue weighted by molar-refractivity contribution is -0.664. The van der Waals surface area contributed by atoms with Crippen molar-refractivity contribution in [3.8, 4) is 5.69 Å². The van der Waals surface area contributed by atoms with Gasteiger partial charge in [-0.1, -0.05) is 35.9 Å². The van der Waals surface area contributed by atoms with Gasteiger partial charge in [0.05, 0.1) is 10.1 Å². The van der Waals surface area contributed by atoms with E-state index in [1.165, 1.54) is 4.80 Å². The van der Waals surface area contributed by atoms with E-state index in [0.717, 1.165) is 4.85 Å². The van der Waals surface area contributed by atoms with Gasteiger partial charge in [0.2, 0.25) is 11.0 Å². The zero-order valence-corrected chi connectivity index (χ0v) is 9.50. The number of fused-ring (bicyclic) bond motifs is 1. The topological polar surface area (TPSA) is 44.8 Å². The van der Waals surface area contributed by atoms with Gasteiger partial charge in [0.25, 0.3) is 0 Å². The lowest BCUT2D eigenvalue weighted by Crippen LogP contribution is -2.37. The molecule has 0 amide bonds. The molecule has 4 nitrogen and oxygen atoms in total. The minimum atomic E-state index is 0.491. The Morgan fingerprint density at radius 3 is 2.53 bits per heavy atom. The van der Waals surface area contributed by atoms with Crippen LogP contribution in [0.1, 0.15) is 0 Å². The van der Waals surface area contributed by atoms with Gasteiger partial charge in [0.15, 0.2) is 0 Å². The molecule has 0 aliphatic rings. The van der Waals surface area contributed by atoms with Crippen molar-refractivity contribution in [3.05, 3.63) is 58.8 Å². The van der Waals surface area contributed by atoms with E-state index in [1.54, 1.807) is 30.3 Å². The summed E-state index contributed by atoms with van der Waals surface area (Å²) in [5.74, 6) is 0. The van der Waals surface area contributed by atoms with Crippen molar-refractivity contribution in [1.82, 2.24) is 9.90 Å². The maximum absolute atomic E-state index is 12.0. The smallest absolute Gasteiger partial charge is 0.250 e. The second-order valence-electron chi connectivity index (χ2n) is 3.60. The van der Waals surface area contributed by atoms with Crippen molar-refractivity contribution < 1.29 is 4.85 Å². The van der Waals surface area contributed by atoms with Gasteiger partial charge >= 0.3 is 0 Å². The molecule has 3 aromatic rings. The molecule has 0 bridgehead atoms. The summed E-state index contributed by atoms with van der Waals surface area (Å²) in [6, 6.07) is 14.3. The molecular formula is C12H8ClN3O. The van der Waals surface area contributed by atoms with E-state index in [4.69, 9.17) is 11.6 Å². The fraction of sp³-hybridized carbons (Fsp3) is 0. The predicted molar refractivity (Wildman–Crippen MR) is 65.0 cm³/mol. The molecule has 0 aliphatic heterocycles. The summed E-state index contributed by atoms with van der Waals surface area (Å²) in [5, 5.41) is 16.8. The molecule has 0 atom stereocenters. The van der Waals surface area contributed by atoms with Crippen molar-refractivity contribution >= 4 is 22.6 Å². The normalized spacial score (nSPS) is 10.9. The lowest BCUT2D eigenvalue weighted by Gasteiger charge is -2.04. The molecule has 84 valence electrons. The number of aromatic nitrogens is 3. The van der Waals surface area contributed by atoms with Crippen molar-refractivity contribution in [2.75, 3.05) is 0 Å². The Morgan fingerprint density at radius 1 is 1.06 bits per heavy atom. The van der Waals surface area contributed by atoms with Crippen LogP contribution in [0.5, 0.6) is 0 Å². The molecule has 1 heterocycles. The molecule has 0 spiro atoms. The number of hydrogen-bond donors (Lipinski definition) is 0. The summed E-state index contributed by atoms with van der Waals surface area (Å²) in [6.45, 7) is 0. The quantitative estimate of drug-likeness (QED) is 0.488. The Hall–Kier alpha value is -2.07. The summed E-state index contributed by atoms with van der Waals surface area (Å²) in [5.41, 5.74) is 1.73. The molecule has 0 unspecified atom stereocenters. The minimum Gasteiger partial charge on any atom is -0.692 e. The van der Waals surface area contributed by atoms with Gasteiger partial charge in [0.1, 0.15) is 5.69 Å². The number of para-hydroxylation sites is 2. The highest BCUT2D eigenvalue weighted by molar-refractivity contribution is 6.32. The number of benzene rings is 2. The average Bonchev–Trinajstić information content (AvgIpc) is 2.68. The van der Waals surface area contributed by atoms with Crippen LogP contribution in [0.4, 0.5) is 0 Å². The van der Waals surface area contributed by atoms with Crippen LogP contribution in [0.15, 0.2) is 48.5 Å². The van der Waals surface area contributed by atoms with E-state index in [9.17, 15) is 5.21 Å². The second-order valence-corrected chi connectivity index (χ2v) is 4.01. The van der Waals surface area contributed by atoms with Gasteiger partial charge in [-0.2, -0.15) is 0 Å². The van der Waals surface area contributed by atoms with Crippen molar-refractivity contribution in [2.24, 2.45) is 0 Å². The monoisotopic (exact) mass is 245 g/mol. The van der Waals surface area contributed by atoms with E-state index in [0.29, 0.717) is 21.7 Å². The zero-order valence-electron chi connectivity index (χ0n) is 8.75. The molecule has 0 N–H and O–H groups in total. The Kier molecular flexibility index (Phi) is 2.23. The van der Waals surface area contributed by atoms with Gasteiger partial charge < -0.3 is 5.21 Å². The van der Waals surface area contributed by atoms with Crippen LogP contribution in [0, 0.1) is 5.21 Å². The number of nitrogens with zero attached hydrogens (tertiary/aromatic N) is 3. The Morgan fingerprint density at radius 2 is 1.76 bits per heavy atom. The molecular weight excluding hydrogens is 238 g/mol. The first-order valence-corrected chi connectivity index (χ1v) is 5.48. The molecule has 0 fully saturated rings. The SMILES string of the molecule is [O-][n+]1c2ccccc2nn1-c1ccccc1Cl. The zero-order chi connectivity index (χ0) is 11.8. The number of hydrogen-bond acceptors (Lipinski definition) is 2. The first kappa shape index (κ1) is 10.1. The first-order chi connectivity index (χ1) is 8.27. The number of rotatable bonds is 1. The molecule has 0 saturated heterocycles. The molecule has 2 aromatic carbocycles. The lowest BCUT2D eigenvalue weighted by atomic mass is 10.3. The largest absolute Gasteiger partial charge is 0.692 e. The number of halogens is 1. The minimum absolute atomic E-state index is 0.491. The highest BCUT2D eigenvalue weighted by atomic mass is 35.5. The van der Waals surface area contributed by atoms with Gasteiger partial charge in [-0.25, -0.2) is 0 Å². The molecule has 17 heavy (non-hydrogen) atoms. The van der Waals surface area contributed by atoms with Crippen LogP contribution in [0.2, 0.25) is 5.02 Å². The third-order valence-electron chi connectivity index (χ3n) is 2.53. The van der Waals surface area contributed by atoms with E-state index >= 15 is 0 Å². The van der Waals surface area contributed by atoms with Gasteiger partial charge in [-0.15, -0.1) is 4.85 Å². The van der Waals surface area contributed by atoms with Crippen LogP contribution in [0.25, 0.3) is 16.7 Å². The standard InChI is InChI=1S/C12H8ClN3O/c13-9-5-1-3-7-11(9)15-14-10-6-2-4-8-12(10)16(15)17/h1-8H. The molecule has 0 radical (unpaired) electrons. The van der Waals surface area contributed by atoms with Crippen LogP contribution in [0.3, 0.4) is 0 Å². The van der Waals surface area contributed by atoms with Gasteiger partial charge in [-0.3, -0.25) is 0 Å². The average molecular weight is 246 g/mol. The fourth-order valence-corrected chi connectivity index (χ4v) is 1.93. The Labute approximate surface area is 102 Å². The van der Waals surface area contributed by atoms with Crippen molar-refractivity contribution in [2.45, 2.75) is 0 Å². The summed E-state index contributed by atoms with van der Waals surface area (Å²) in [7, 11) is 0. The van der Waals surface area contributed by atoms with Gasteiger partial charge in [0, 0.05) is 0 Å². The van der Waals surface area contributed by atoms with Crippen molar-refractivity contribution in [3.63, 3.8) is 0 Å². The fourth-order valence-electron chi connectivity index (χ4n) is 1.72.